The van der Waals surface area contributed by atoms with Crippen LogP contribution in [-0.2, 0) is 13.1 Å². The summed E-state index contributed by atoms with van der Waals surface area (Å²) in [5.74, 6) is 0.886. The Kier molecular flexibility index (Phi) is 1.96. The number of nitrogens with zero attached hydrogens (tertiary/aromatic N) is 6. The van der Waals surface area contributed by atoms with Crippen molar-refractivity contribution in [1.82, 2.24) is 25.0 Å². The molecule has 0 aliphatic carbocycles. The molecule has 1 aliphatic rings. The van der Waals surface area contributed by atoms with Crippen LogP contribution < -0.4 is 10.6 Å². The average molecular weight is 253 g/mol. The Hall–Kier alpha value is -2.70. The van der Waals surface area contributed by atoms with Crippen molar-refractivity contribution in [3.63, 3.8) is 0 Å². The predicted octanol–water partition coefficient (Wildman–Crippen LogP) is 0.622. The Morgan fingerprint density at radius 1 is 1.11 bits per heavy atom. The van der Waals surface area contributed by atoms with Crippen LogP contribution in [0.4, 0.5) is 11.5 Å². The molecule has 2 N–H and O–H groups in total. The minimum Gasteiger partial charge on any atom is -0.399 e. The van der Waals surface area contributed by atoms with Crippen LogP contribution >= 0.6 is 0 Å². The Bertz CT molecular complexity index is 764. The van der Waals surface area contributed by atoms with E-state index >= 15 is 0 Å². The molecule has 0 amide bonds. The lowest BCUT2D eigenvalue weighted by Crippen LogP contribution is -2.18. The molecule has 0 unspecified atom stereocenters. The molecule has 0 radical (unpaired) electrons. The van der Waals surface area contributed by atoms with Gasteiger partial charge in [-0.3, -0.25) is 4.98 Å². The highest BCUT2D eigenvalue weighted by Gasteiger charge is 2.21. The van der Waals surface area contributed by atoms with E-state index in [1.165, 1.54) is 11.1 Å². The van der Waals surface area contributed by atoms with Crippen molar-refractivity contribution < 1.29 is 0 Å². The maximum Gasteiger partial charge on any atom is 0.199 e. The monoisotopic (exact) mass is 253 g/mol. The van der Waals surface area contributed by atoms with Crippen LogP contribution in [-0.4, -0.2) is 25.0 Å². The van der Waals surface area contributed by atoms with Crippen LogP contribution in [0.2, 0.25) is 0 Å². The van der Waals surface area contributed by atoms with E-state index in [9.17, 15) is 0 Å². The molecule has 94 valence electrons. The lowest BCUT2D eigenvalue weighted by molar-refractivity contribution is 0.766. The highest BCUT2D eigenvalue weighted by atomic mass is 15.5. The molecule has 1 aromatic carbocycles. The van der Waals surface area contributed by atoms with Crippen molar-refractivity contribution >= 4 is 17.2 Å². The van der Waals surface area contributed by atoms with E-state index in [2.05, 4.69) is 31.5 Å². The predicted molar refractivity (Wildman–Crippen MR) is 69.3 cm³/mol. The summed E-state index contributed by atoms with van der Waals surface area (Å²) in [5.41, 5.74) is 9.78. The molecule has 0 fully saturated rings. The fraction of sp³-hybridized carbons (Fsp3) is 0.167. The Labute approximate surface area is 108 Å². The summed E-state index contributed by atoms with van der Waals surface area (Å²) in [4.78, 5) is 6.36. The van der Waals surface area contributed by atoms with E-state index in [1.807, 2.05) is 12.1 Å². The van der Waals surface area contributed by atoms with Gasteiger partial charge in [-0.25, -0.2) is 0 Å². The average Bonchev–Trinajstić information content (AvgIpc) is 3.03. The summed E-state index contributed by atoms with van der Waals surface area (Å²) in [6.07, 6.45) is 3.42. The Morgan fingerprint density at radius 3 is 2.95 bits per heavy atom. The molecule has 7 heteroatoms. The lowest BCUT2D eigenvalue weighted by atomic mass is 10.1. The SMILES string of the molecule is Nc1ccc2c(c1)CN(c1cncc3nnnn13)C2. The largest absolute Gasteiger partial charge is 0.399 e. The first kappa shape index (κ1) is 10.2. The molecule has 0 saturated heterocycles. The van der Waals surface area contributed by atoms with Crippen LogP contribution in [0.5, 0.6) is 0 Å². The number of hydrogen-bond acceptors (Lipinski definition) is 6. The molecule has 0 saturated carbocycles. The van der Waals surface area contributed by atoms with Gasteiger partial charge in [0.05, 0.1) is 12.4 Å². The standard InChI is InChI=1S/C12H11N7/c13-10-2-1-8-6-18(7-9(8)3-10)12-5-14-4-11-15-16-17-19(11)12/h1-5H,6-7,13H2. The van der Waals surface area contributed by atoms with Crippen molar-refractivity contribution in [3.8, 4) is 0 Å². The van der Waals surface area contributed by atoms with E-state index in [4.69, 9.17) is 5.73 Å². The molecule has 19 heavy (non-hydrogen) atoms. The van der Waals surface area contributed by atoms with Gasteiger partial charge in [0.25, 0.3) is 0 Å². The molecule has 1 aliphatic heterocycles. The first-order chi connectivity index (χ1) is 9.31. The zero-order valence-electron chi connectivity index (χ0n) is 10.1. The Balaban J connectivity index is 1.78. The smallest absolute Gasteiger partial charge is 0.199 e. The summed E-state index contributed by atoms with van der Waals surface area (Å²) in [6, 6.07) is 6.01. The second-order valence-electron chi connectivity index (χ2n) is 4.60. The minimum atomic E-state index is 0.646. The van der Waals surface area contributed by atoms with E-state index in [0.29, 0.717) is 5.65 Å². The lowest BCUT2D eigenvalue weighted by Gasteiger charge is -2.16. The van der Waals surface area contributed by atoms with Crippen molar-refractivity contribution in [2.45, 2.75) is 13.1 Å². The van der Waals surface area contributed by atoms with Crippen LogP contribution in [0.3, 0.4) is 0 Å². The fourth-order valence-electron chi connectivity index (χ4n) is 2.46. The topological polar surface area (TPSA) is 85.2 Å². The second kappa shape index (κ2) is 3.64. The number of rotatable bonds is 1. The number of benzene rings is 1. The number of hydrogen-bond donors (Lipinski definition) is 1. The van der Waals surface area contributed by atoms with Gasteiger partial charge in [0.15, 0.2) is 11.5 Å². The van der Waals surface area contributed by atoms with Gasteiger partial charge < -0.3 is 10.6 Å². The molecule has 0 spiro atoms. The molecule has 4 rings (SSSR count). The molecule has 3 aromatic rings. The first-order valence-corrected chi connectivity index (χ1v) is 5.95. The molecule has 0 bridgehead atoms. The second-order valence-corrected chi connectivity index (χ2v) is 4.60. The van der Waals surface area contributed by atoms with Gasteiger partial charge in [-0.15, -0.1) is 5.10 Å². The van der Waals surface area contributed by atoms with Gasteiger partial charge in [0, 0.05) is 18.8 Å². The van der Waals surface area contributed by atoms with Crippen molar-refractivity contribution in [2.24, 2.45) is 0 Å². The van der Waals surface area contributed by atoms with Gasteiger partial charge >= 0.3 is 0 Å². The molecule has 2 aromatic heterocycles. The normalized spacial score (nSPS) is 14.0. The maximum absolute atomic E-state index is 5.82. The molecule has 7 nitrogen and oxygen atoms in total. The number of anilines is 2. The van der Waals surface area contributed by atoms with Crippen LogP contribution in [0.15, 0.2) is 30.6 Å². The molecule has 0 atom stereocenters. The van der Waals surface area contributed by atoms with Gasteiger partial charge in [0.2, 0.25) is 0 Å². The number of fused-ring (bicyclic) bond motifs is 2. The van der Waals surface area contributed by atoms with Crippen LogP contribution in [0.25, 0.3) is 5.65 Å². The van der Waals surface area contributed by atoms with E-state index in [1.54, 1.807) is 16.9 Å². The summed E-state index contributed by atoms with van der Waals surface area (Å²) < 4.78 is 1.70. The van der Waals surface area contributed by atoms with Crippen LogP contribution in [0, 0.1) is 0 Å². The minimum absolute atomic E-state index is 0.646. The highest BCUT2D eigenvalue weighted by Crippen LogP contribution is 2.28. The molecular formula is C12H11N7. The number of nitrogens with two attached hydrogens (primary N) is 1. The third-order valence-corrected chi connectivity index (χ3v) is 3.37. The summed E-state index contributed by atoms with van der Waals surface area (Å²) in [7, 11) is 0. The fourth-order valence-corrected chi connectivity index (χ4v) is 2.46. The summed E-state index contributed by atoms with van der Waals surface area (Å²) in [5, 5.41) is 11.6. The van der Waals surface area contributed by atoms with Gasteiger partial charge in [-0.2, -0.15) is 4.52 Å². The third-order valence-electron chi connectivity index (χ3n) is 3.37. The zero-order valence-corrected chi connectivity index (χ0v) is 10.1. The quantitative estimate of drug-likeness (QED) is 0.640. The summed E-state index contributed by atoms with van der Waals surface area (Å²) in [6.45, 7) is 1.61. The third kappa shape index (κ3) is 1.51. The zero-order chi connectivity index (χ0) is 12.8. The molecule has 3 heterocycles. The van der Waals surface area contributed by atoms with E-state index in [-0.39, 0.29) is 0 Å². The highest BCUT2D eigenvalue weighted by molar-refractivity contribution is 5.54. The Morgan fingerprint density at radius 2 is 2.00 bits per heavy atom. The van der Waals surface area contributed by atoms with Gasteiger partial charge in [-0.1, -0.05) is 6.07 Å². The van der Waals surface area contributed by atoms with Gasteiger partial charge in [0.1, 0.15) is 0 Å². The van der Waals surface area contributed by atoms with E-state index in [0.717, 1.165) is 24.6 Å². The number of nitrogen functional groups attached to an aromatic ring is 1. The van der Waals surface area contributed by atoms with Gasteiger partial charge in [-0.05, 0) is 33.7 Å². The van der Waals surface area contributed by atoms with Crippen LogP contribution in [0.1, 0.15) is 11.1 Å². The number of tetrazole rings is 1. The maximum atomic E-state index is 5.82. The van der Waals surface area contributed by atoms with E-state index < -0.39 is 0 Å². The molecular weight excluding hydrogens is 242 g/mol. The number of aromatic nitrogens is 5. The van der Waals surface area contributed by atoms with Crippen molar-refractivity contribution in [1.29, 1.82) is 0 Å². The first-order valence-electron chi connectivity index (χ1n) is 5.95. The summed E-state index contributed by atoms with van der Waals surface area (Å²) >= 11 is 0. The van der Waals surface area contributed by atoms with Crippen molar-refractivity contribution in [2.75, 3.05) is 10.6 Å². The van der Waals surface area contributed by atoms with Crippen molar-refractivity contribution in [3.05, 3.63) is 41.7 Å².